The molecule has 0 rings (SSSR count). The van der Waals surface area contributed by atoms with E-state index in [4.69, 9.17) is 0 Å². The molecule has 0 N–H and O–H groups in total. The molecule has 214 valence electrons. The van der Waals surface area contributed by atoms with Crippen LogP contribution in [0.1, 0.15) is 194 Å². The van der Waals surface area contributed by atoms with E-state index in [0.717, 1.165) is 0 Å². The third-order valence-corrected chi connectivity index (χ3v) is 7.79. The standard InChI is InChI=1S/C33H69N.ClH/c1-4-6-8-10-12-14-15-16-17-18-19-20-21-22-23-24-25-27-29-31-33-34(3)32-30-28-26-13-11-9-7-5-2;/h4-33H2,1-3H3;1H. The van der Waals surface area contributed by atoms with Gasteiger partial charge < -0.3 is 4.90 Å². The molecule has 2 heteroatoms. The first-order valence-electron chi connectivity index (χ1n) is 16.5. The summed E-state index contributed by atoms with van der Waals surface area (Å²) in [5, 5.41) is 0. The summed E-state index contributed by atoms with van der Waals surface area (Å²) in [7, 11) is 2.33. The second-order valence-corrected chi connectivity index (χ2v) is 11.5. The molecule has 0 bridgehead atoms. The zero-order valence-corrected chi connectivity index (χ0v) is 25.9. The minimum absolute atomic E-state index is 0. The maximum absolute atomic E-state index is 2.58. The first-order valence-corrected chi connectivity index (χ1v) is 16.5. The summed E-state index contributed by atoms with van der Waals surface area (Å²) in [6.45, 7) is 7.24. The summed E-state index contributed by atoms with van der Waals surface area (Å²) in [5.41, 5.74) is 0. The van der Waals surface area contributed by atoms with Gasteiger partial charge in [-0.15, -0.1) is 12.4 Å². The molecule has 0 aliphatic carbocycles. The van der Waals surface area contributed by atoms with Gasteiger partial charge in [-0.05, 0) is 33.0 Å². The van der Waals surface area contributed by atoms with Crippen molar-refractivity contribution >= 4 is 12.4 Å². The molecule has 0 atom stereocenters. The summed E-state index contributed by atoms with van der Waals surface area (Å²) in [6.07, 6.45) is 40.9. The molecule has 0 aliphatic heterocycles. The van der Waals surface area contributed by atoms with Gasteiger partial charge in [-0.1, -0.05) is 181 Å². The van der Waals surface area contributed by atoms with Crippen LogP contribution in [0.3, 0.4) is 0 Å². The SMILES string of the molecule is CCCCCCCCCCCCCCCCCCCCCCN(C)CCCCCCCCCC.Cl. The van der Waals surface area contributed by atoms with Crippen molar-refractivity contribution in [3.05, 3.63) is 0 Å². The van der Waals surface area contributed by atoms with E-state index in [9.17, 15) is 0 Å². The highest BCUT2D eigenvalue weighted by molar-refractivity contribution is 5.85. The third-order valence-electron chi connectivity index (χ3n) is 7.79. The van der Waals surface area contributed by atoms with Gasteiger partial charge in [-0.25, -0.2) is 0 Å². The average molecular weight is 516 g/mol. The van der Waals surface area contributed by atoms with Crippen molar-refractivity contribution in [2.75, 3.05) is 20.1 Å². The summed E-state index contributed by atoms with van der Waals surface area (Å²) in [4.78, 5) is 2.58. The molecule has 0 unspecified atom stereocenters. The quantitative estimate of drug-likeness (QED) is 0.0859. The number of hydrogen-bond donors (Lipinski definition) is 0. The Hall–Kier alpha value is 0.250. The lowest BCUT2D eigenvalue weighted by Crippen LogP contribution is -2.20. The van der Waals surface area contributed by atoms with E-state index in [0.29, 0.717) is 0 Å². The first kappa shape index (κ1) is 37.4. The van der Waals surface area contributed by atoms with E-state index in [2.05, 4.69) is 25.8 Å². The molecule has 0 spiro atoms. The van der Waals surface area contributed by atoms with Crippen LogP contribution in [0.15, 0.2) is 0 Å². The molecule has 0 heterocycles. The van der Waals surface area contributed by atoms with Crippen molar-refractivity contribution in [2.45, 2.75) is 194 Å². The number of rotatable bonds is 30. The Morgan fingerprint density at radius 2 is 0.457 bits per heavy atom. The highest BCUT2D eigenvalue weighted by Crippen LogP contribution is 2.15. The molecule has 0 aromatic rings. The smallest absolute Gasteiger partial charge is 0.00218 e. The van der Waals surface area contributed by atoms with Crippen molar-refractivity contribution in [3.8, 4) is 0 Å². The number of hydrogen-bond acceptors (Lipinski definition) is 1. The van der Waals surface area contributed by atoms with Gasteiger partial charge in [0, 0.05) is 0 Å². The summed E-state index contributed by atoms with van der Waals surface area (Å²) < 4.78 is 0. The first-order chi connectivity index (χ1) is 16.8. The Bertz CT molecular complexity index is 346. The van der Waals surface area contributed by atoms with E-state index in [1.54, 1.807) is 0 Å². The molecule has 0 saturated carbocycles. The van der Waals surface area contributed by atoms with Crippen LogP contribution in [-0.2, 0) is 0 Å². The van der Waals surface area contributed by atoms with E-state index in [1.807, 2.05) is 0 Å². The summed E-state index contributed by atoms with van der Waals surface area (Å²) in [6, 6.07) is 0. The van der Waals surface area contributed by atoms with Crippen LogP contribution in [0.2, 0.25) is 0 Å². The van der Waals surface area contributed by atoms with E-state index in [-0.39, 0.29) is 12.4 Å². The van der Waals surface area contributed by atoms with Crippen LogP contribution < -0.4 is 0 Å². The zero-order chi connectivity index (χ0) is 24.8. The van der Waals surface area contributed by atoms with Gasteiger partial charge in [0.15, 0.2) is 0 Å². The van der Waals surface area contributed by atoms with Gasteiger partial charge in [-0.2, -0.15) is 0 Å². The van der Waals surface area contributed by atoms with Crippen molar-refractivity contribution < 1.29 is 0 Å². The van der Waals surface area contributed by atoms with Crippen molar-refractivity contribution in [3.63, 3.8) is 0 Å². The molecule has 0 amide bonds. The van der Waals surface area contributed by atoms with Crippen LogP contribution in [0.5, 0.6) is 0 Å². The van der Waals surface area contributed by atoms with Crippen LogP contribution >= 0.6 is 12.4 Å². The fourth-order valence-corrected chi connectivity index (χ4v) is 5.26. The topological polar surface area (TPSA) is 3.24 Å². The second kappa shape index (κ2) is 34.2. The Morgan fingerprint density at radius 3 is 0.657 bits per heavy atom. The normalized spacial score (nSPS) is 11.3. The van der Waals surface area contributed by atoms with Crippen LogP contribution in [0.25, 0.3) is 0 Å². The average Bonchev–Trinajstić information content (AvgIpc) is 2.84. The number of nitrogens with zero attached hydrogens (tertiary/aromatic N) is 1. The van der Waals surface area contributed by atoms with Gasteiger partial charge in [0.1, 0.15) is 0 Å². The molecule has 0 fully saturated rings. The maximum atomic E-state index is 2.58. The van der Waals surface area contributed by atoms with Gasteiger partial charge in [-0.3, -0.25) is 0 Å². The Balaban J connectivity index is 0. The highest BCUT2D eigenvalue weighted by atomic mass is 35.5. The van der Waals surface area contributed by atoms with E-state index in [1.165, 1.54) is 193 Å². The fraction of sp³-hybridized carbons (Fsp3) is 1.00. The molecular weight excluding hydrogens is 446 g/mol. The van der Waals surface area contributed by atoms with Crippen LogP contribution in [-0.4, -0.2) is 25.0 Å². The second-order valence-electron chi connectivity index (χ2n) is 11.5. The largest absolute Gasteiger partial charge is 0.306 e. The lowest BCUT2D eigenvalue weighted by Gasteiger charge is -2.16. The summed E-state index contributed by atoms with van der Waals surface area (Å²) >= 11 is 0. The molecule has 0 aromatic heterocycles. The van der Waals surface area contributed by atoms with Crippen LogP contribution in [0, 0.1) is 0 Å². The molecule has 0 aromatic carbocycles. The minimum atomic E-state index is 0. The molecule has 0 aliphatic rings. The molecular formula is C33H70ClN. The van der Waals surface area contributed by atoms with Gasteiger partial charge in [0.25, 0.3) is 0 Å². The lowest BCUT2D eigenvalue weighted by atomic mass is 10.0. The van der Waals surface area contributed by atoms with Crippen molar-refractivity contribution in [1.82, 2.24) is 4.90 Å². The van der Waals surface area contributed by atoms with Crippen LogP contribution in [0.4, 0.5) is 0 Å². The lowest BCUT2D eigenvalue weighted by molar-refractivity contribution is 0.314. The highest BCUT2D eigenvalue weighted by Gasteiger charge is 1.99. The zero-order valence-electron chi connectivity index (χ0n) is 25.1. The molecule has 0 radical (unpaired) electrons. The predicted molar refractivity (Wildman–Crippen MR) is 165 cm³/mol. The predicted octanol–water partition coefficient (Wildman–Crippen LogP) is 12.3. The van der Waals surface area contributed by atoms with Gasteiger partial charge >= 0.3 is 0 Å². The Labute approximate surface area is 230 Å². The number of unbranched alkanes of at least 4 members (excludes halogenated alkanes) is 26. The molecule has 35 heavy (non-hydrogen) atoms. The number of halogens is 1. The minimum Gasteiger partial charge on any atom is -0.306 e. The molecule has 0 saturated heterocycles. The maximum Gasteiger partial charge on any atom is -0.00218 e. The van der Waals surface area contributed by atoms with Gasteiger partial charge in [0.2, 0.25) is 0 Å². The van der Waals surface area contributed by atoms with E-state index >= 15 is 0 Å². The summed E-state index contributed by atoms with van der Waals surface area (Å²) in [5.74, 6) is 0. The Kier molecular flexibility index (Phi) is 36.6. The van der Waals surface area contributed by atoms with Crippen molar-refractivity contribution in [2.24, 2.45) is 0 Å². The van der Waals surface area contributed by atoms with E-state index < -0.39 is 0 Å². The monoisotopic (exact) mass is 516 g/mol. The van der Waals surface area contributed by atoms with Crippen molar-refractivity contribution in [1.29, 1.82) is 0 Å². The Morgan fingerprint density at radius 1 is 0.286 bits per heavy atom. The molecule has 1 nitrogen and oxygen atoms in total. The third kappa shape index (κ3) is 34.2. The fourth-order valence-electron chi connectivity index (χ4n) is 5.26. The van der Waals surface area contributed by atoms with Gasteiger partial charge in [0.05, 0.1) is 0 Å².